The van der Waals surface area contributed by atoms with Crippen molar-refractivity contribution >= 4 is 33.3 Å². The van der Waals surface area contributed by atoms with Gasteiger partial charge in [-0.3, -0.25) is 4.79 Å². The maximum Gasteiger partial charge on any atom is 0.261 e. The second-order valence-electron chi connectivity index (χ2n) is 6.24. The van der Waals surface area contributed by atoms with Gasteiger partial charge in [-0.25, -0.2) is 9.97 Å². The Bertz CT molecular complexity index is 901. The van der Waals surface area contributed by atoms with Crippen molar-refractivity contribution in [3.63, 3.8) is 0 Å². The normalized spacial score (nSPS) is 16.9. The zero-order chi connectivity index (χ0) is 17.9. The van der Waals surface area contributed by atoms with Gasteiger partial charge in [0, 0.05) is 13.2 Å². The maximum absolute atomic E-state index is 12.6. The predicted molar refractivity (Wildman–Crippen MR) is 99.5 cm³/mol. The van der Waals surface area contributed by atoms with Crippen molar-refractivity contribution in [2.45, 2.75) is 32.4 Å². The molecular formula is C18H20N4O3S. The molecule has 1 aliphatic rings. The zero-order valence-electron chi connectivity index (χ0n) is 14.4. The number of aromatic nitrogens is 2. The molecule has 0 aliphatic carbocycles. The SMILES string of the molecule is Cc1c(C(=O)NC[C@H]2CCCO2)sc2ncnc(NCc3ccco3)c12. The third-order valence-corrected chi connectivity index (χ3v) is 5.66. The summed E-state index contributed by atoms with van der Waals surface area (Å²) in [5.41, 5.74) is 0.886. The molecule has 3 aromatic heterocycles. The van der Waals surface area contributed by atoms with E-state index < -0.39 is 0 Å². The first kappa shape index (κ1) is 17.0. The number of furan rings is 1. The molecule has 0 saturated carbocycles. The summed E-state index contributed by atoms with van der Waals surface area (Å²) < 4.78 is 10.9. The molecule has 1 aliphatic heterocycles. The Kier molecular flexibility index (Phi) is 4.85. The lowest BCUT2D eigenvalue weighted by Crippen LogP contribution is -2.31. The highest BCUT2D eigenvalue weighted by Gasteiger charge is 2.21. The van der Waals surface area contributed by atoms with Gasteiger partial charge in [0.2, 0.25) is 0 Å². The van der Waals surface area contributed by atoms with Crippen molar-refractivity contribution < 1.29 is 13.9 Å². The number of rotatable bonds is 6. The average Bonchev–Trinajstić information content (AvgIpc) is 3.40. The number of amides is 1. The molecule has 8 heteroatoms. The van der Waals surface area contributed by atoms with Crippen molar-refractivity contribution in [2.24, 2.45) is 0 Å². The van der Waals surface area contributed by atoms with Crippen LogP contribution < -0.4 is 10.6 Å². The number of nitrogens with one attached hydrogen (secondary N) is 2. The van der Waals surface area contributed by atoms with E-state index in [4.69, 9.17) is 9.15 Å². The molecule has 1 fully saturated rings. The molecule has 4 rings (SSSR count). The number of carbonyl (C=O) groups excluding carboxylic acids is 1. The van der Waals surface area contributed by atoms with E-state index in [0.717, 1.165) is 41.0 Å². The molecule has 1 amide bonds. The minimum Gasteiger partial charge on any atom is -0.467 e. The third-order valence-electron chi connectivity index (χ3n) is 4.46. The van der Waals surface area contributed by atoms with Crippen LogP contribution in [-0.2, 0) is 11.3 Å². The number of fused-ring (bicyclic) bond motifs is 1. The number of hydrogen-bond acceptors (Lipinski definition) is 7. The van der Waals surface area contributed by atoms with Gasteiger partial charge in [0.15, 0.2) is 0 Å². The fourth-order valence-electron chi connectivity index (χ4n) is 3.10. The van der Waals surface area contributed by atoms with Crippen molar-refractivity contribution in [2.75, 3.05) is 18.5 Å². The monoisotopic (exact) mass is 372 g/mol. The van der Waals surface area contributed by atoms with Gasteiger partial charge in [0.1, 0.15) is 22.7 Å². The van der Waals surface area contributed by atoms with Gasteiger partial charge in [-0.1, -0.05) is 0 Å². The predicted octanol–water partition coefficient (Wildman–Crippen LogP) is 3.11. The summed E-state index contributed by atoms with van der Waals surface area (Å²) >= 11 is 1.38. The minimum absolute atomic E-state index is 0.0852. The summed E-state index contributed by atoms with van der Waals surface area (Å²) in [6.07, 6.45) is 5.33. The number of aryl methyl sites for hydroxylation is 1. The third kappa shape index (κ3) is 3.42. The Morgan fingerprint density at radius 3 is 3.12 bits per heavy atom. The van der Waals surface area contributed by atoms with E-state index in [2.05, 4.69) is 20.6 Å². The van der Waals surface area contributed by atoms with E-state index in [0.29, 0.717) is 23.8 Å². The van der Waals surface area contributed by atoms with E-state index in [9.17, 15) is 4.79 Å². The first-order valence-electron chi connectivity index (χ1n) is 8.62. The molecule has 0 bridgehead atoms. The minimum atomic E-state index is -0.0852. The molecule has 1 saturated heterocycles. The summed E-state index contributed by atoms with van der Waals surface area (Å²) in [4.78, 5) is 22.7. The van der Waals surface area contributed by atoms with Crippen LogP contribution in [0.3, 0.4) is 0 Å². The first-order valence-corrected chi connectivity index (χ1v) is 9.44. The largest absolute Gasteiger partial charge is 0.467 e. The molecule has 7 nitrogen and oxygen atoms in total. The van der Waals surface area contributed by atoms with Crippen molar-refractivity contribution in [1.29, 1.82) is 0 Å². The van der Waals surface area contributed by atoms with Gasteiger partial charge in [0.25, 0.3) is 5.91 Å². The number of hydrogen-bond donors (Lipinski definition) is 2. The number of thiophene rings is 1. The summed E-state index contributed by atoms with van der Waals surface area (Å²) in [5, 5.41) is 7.13. The molecule has 0 radical (unpaired) electrons. The lowest BCUT2D eigenvalue weighted by molar-refractivity contribution is 0.0860. The molecule has 3 aromatic rings. The summed E-state index contributed by atoms with van der Waals surface area (Å²) in [6, 6.07) is 3.74. The fraction of sp³-hybridized carbons (Fsp3) is 0.389. The maximum atomic E-state index is 12.6. The Morgan fingerprint density at radius 1 is 1.42 bits per heavy atom. The quantitative estimate of drug-likeness (QED) is 0.691. The smallest absolute Gasteiger partial charge is 0.261 e. The van der Waals surface area contributed by atoms with Crippen LogP contribution >= 0.6 is 11.3 Å². The van der Waals surface area contributed by atoms with Crippen LogP contribution in [-0.4, -0.2) is 35.1 Å². The molecule has 0 unspecified atom stereocenters. The van der Waals surface area contributed by atoms with Crippen LogP contribution in [0, 0.1) is 6.92 Å². The molecule has 1 atom stereocenters. The number of nitrogens with zero attached hydrogens (tertiary/aromatic N) is 2. The second kappa shape index (κ2) is 7.43. The summed E-state index contributed by atoms with van der Waals surface area (Å²) in [5.74, 6) is 1.44. The van der Waals surface area contributed by atoms with Crippen molar-refractivity contribution in [3.05, 3.63) is 40.9 Å². The average molecular weight is 372 g/mol. The van der Waals surface area contributed by atoms with Gasteiger partial charge >= 0.3 is 0 Å². The topological polar surface area (TPSA) is 89.3 Å². The van der Waals surface area contributed by atoms with Gasteiger partial charge in [-0.15, -0.1) is 11.3 Å². The molecule has 136 valence electrons. The Hall–Kier alpha value is -2.45. The molecule has 0 spiro atoms. The van der Waals surface area contributed by atoms with Gasteiger partial charge in [0.05, 0.1) is 29.2 Å². The standard InChI is InChI=1S/C18H20N4O3S/c1-11-14-16(19-8-12-4-2-6-24-12)21-10-22-18(14)26-15(11)17(23)20-9-13-5-3-7-25-13/h2,4,6,10,13H,3,5,7-9H2,1H3,(H,20,23)(H,19,21,22)/t13-/m1/s1. The number of ether oxygens (including phenoxy) is 1. The number of carbonyl (C=O) groups is 1. The van der Waals surface area contributed by atoms with E-state index in [1.807, 2.05) is 19.1 Å². The van der Waals surface area contributed by atoms with Crippen LogP contribution in [0.4, 0.5) is 5.82 Å². The van der Waals surface area contributed by atoms with Crippen molar-refractivity contribution in [1.82, 2.24) is 15.3 Å². The second-order valence-corrected chi connectivity index (χ2v) is 7.24. The van der Waals surface area contributed by atoms with Crippen LogP contribution in [0.1, 0.15) is 33.8 Å². The van der Waals surface area contributed by atoms with Gasteiger partial charge in [-0.2, -0.15) is 0 Å². The van der Waals surface area contributed by atoms with Crippen LogP contribution in [0.5, 0.6) is 0 Å². The number of anilines is 1. The summed E-state index contributed by atoms with van der Waals surface area (Å²) in [7, 11) is 0. The highest BCUT2D eigenvalue weighted by molar-refractivity contribution is 7.20. The lowest BCUT2D eigenvalue weighted by Gasteiger charge is -2.10. The van der Waals surface area contributed by atoms with Crippen LogP contribution in [0.25, 0.3) is 10.2 Å². The lowest BCUT2D eigenvalue weighted by atomic mass is 10.2. The Balaban J connectivity index is 1.53. The van der Waals surface area contributed by atoms with Crippen LogP contribution in [0.2, 0.25) is 0 Å². The molecule has 0 aromatic carbocycles. The van der Waals surface area contributed by atoms with E-state index in [-0.39, 0.29) is 12.0 Å². The highest BCUT2D eigenvalue weighted by atomic mass is 32.1. The van der Waals surface area contributed by atoms with Gasteiger partial charge in [-0.05, 0) is 37.5 Å². The molecule has 2 N–H and O–H groups in total. The molecule has 4 heterocycles. The molecule has 26 heavy (non-hydrogen) atoms. The van der Waals surface area contributed by atoms with E-state index >= 15 is 0 Å². The highest BCUT2D eigenvalue weighted by Crippen LogP contribution is 2.33. The van der Waals surface area contributed by atoms with E-state index in [1.165, 1.54) is 17.7 Å². The van der Waals surface area contributed by atoms with Crippen LogP contribution in [0.15, 0.2) is 29.1 Å². The van der Waals surface area contributed by atoms with Crippen molar-refractivity contribution in [3.8, 4) is 0 Å². The van der Waals surface area contributed by atoms with Gasteiger partial charge < -0.3 is 19.8 Å². The molecular weight excluding hydrogens is 352 g/mol. The summed E-state index contributed by atoms with van der Waals surface area (Å²) in [6.45, 7) is 3.78. The van der Waals surface area contributed by atoms with E-state index in [1.54, 1.807) is 6.26 Å². The Labute approximate surface area is 154 Å². The zero-order valence-corrected chi connectivity index (χ0v) is 15.3. The first-order chi connectivity index (χ1) is 12.7. The fourth-order valence-corrected chi connectivity index (χ4v) is 4.16. The Morgan fingerprint density at radius 2 is 2.35 bits per heavy atom.